The van der Waals surface area contributed by atoms with Crippen LogP contribution in [0, 0.1) is 0 Å². The van der Waals surface area contributed by atoms with E-state index in [-0.39, 0.29) is 12.4 Å². The van der Waals surface area contributed by atoms with Crippen LogP contribution in [0.25, 0.3) is 0 Å². The van der Waals surface area contributed by atoms with Crippen LogP contribution in [0.4, 0.5) is 0 Å². The van der Waals surface area contributed by atoms with Gasteiger partial charge in [0.1, 0.15) is 0 Å². The normalized spacial score (nSPS) is 28.1. The molecule has 1 saturated heterocycles. The number of halogens is 1. The van der Waals surface area contributed by atoms with Gasteiger partial charge in [0.05, 0.1) is 0 Å². The zero-order chi connectivity index (χ0) is 6.97. The van der Waals surface area contributed by atoms with E-state index < -0.39 is 0 Å². The molecule has 0 spiro atoms. The Kier molecular flexibility index (Phi) is 3.16. The monoisotopic (exact) mass is 176 g/mol. The molecule has 66 valence electrons. The summed E-state index contributed by atoms with van der Waals surface area (Å²) in [5.74, 6) is 0. The fourth-order valence-corrected chi connectivity index (χ4v) is 2.12. The lowest BCUT2D eigenvalue weighted by atomic mass is 10.1. The first-order valence-electron chi connectivity index (χ1n) is 4.36. The Balaban J connectivity index is 0.000000605. The molecule has 2 fully saturated rings. The van der Waals surface area contributed by atoms with Crippen LogP contribution < -0.4 is 5.73 Å². The maximum Gasteiger partial charge on any atom is 0.0297 e. The molecule has 0 aromatic rings. The van der Waals surface area contributed by atoms with Crippen LogP contribution in [0.1, 0.15) is 25.7 Å². The van der Waals surface area contributed by atoms with Crippen molar-refractivity contribution in [2.75, 3.05) is 13.1 Å². The highest BCUT2D eigenvalue weighted by Gasteiger charge is 2.30. The van der Waals surface area contributed by atoms with Crippen LogP contribution in [0.2, 0.25) is 0 Å². The molecule has 0 unspecified atom stereocenters. The molecule has 2 nitrogen and oxygen atoms in total. The molecule has 0 aromatic heterocycles. The van der Waals surface area contributed by atoms with E-state index in [1.807, 2.05) is 0 Å². The minimum atomic E-state index is 0. The van der Waals surface area contributed by atoms with Crippen molar-refractivity contribution in [1.82, 2.24) is 4.90 Å². The van der Waals surface area contributed by atoms with E-state index >= 15 is 0 Å². The molecule has 0 bridgehead atoms. The van der Waals surface area contributed by atoms with E-state index in [0.29, 0.717) is 6.04 Å². The Hall–Kier alpha value is 0.210. The third kappa shape index (κ3) is 1.86. The number of rotatable bonds is 1. The minimum Gasteiger partial charge on any atom is -0.325 e. The van der Waals surface area contributed by atoms with Crippen LogP contribution in [-0.4, -0.2) is 30.1 Å². The van der Waals surface area contributed by atoms with Gasteiger partial charge in [0.25, 0.3) is 0 Å². The molecule has 1 aliphatic carbocycles. The van der Waals surface area contributed by atoms with Gasteiger partial charge in [-0.2, -0.15) is 0 Å². The fraction of sp³-hybridized carbons (Fsp3) is 1.00. The SMILES string of the molecule is Cl.NC1CN(C2CCCC2)C1. The Morgan fingerprint density at radius 1 is 1.09 bits per heavy atom. The highest BCUT2D eigenvalue weighted by molar-refractivity contribution is 5.85. The molecule has 2 rings (SSSR count). The molecular formula is C8H17ClN2. The fourth-order valence-electron chi connectivity index (χ4n) is 2.12. The lowest BCUT2D eigenvalue weighted by Gasteiger charge is -2.41. The van der Waals surface area contributed by atoms with Gasteiger partial charge in [-0.3, -0.25) is 4.90 Å². The summed E-state index contributed by atoms with van der Waals surface area (Å²) >= 11 is 0. The molecule has 2 N–H and O–H groups in total. The first-order chi connectivity index (χ1) is 4.86. The smallest absolute Gasteiger partial charge is 0.0297 e. The van der Waals surface area contributed by atoms with Crippen LogP contribution >= 0.6 is 12.4 Å². The van der Waals surface area contributed by atoms with Crippen molar-refractivity contribution in [2.24, 2.45) is 5.73 Å². The van der Waals surface area contributed by atoms with Crippen molar-refractivity contribution in [3.05, 3.63) is 0 Å². The van der Waals surface area contributed by atoms with Crippen LogP contribution in [0.15, 0.2) is 0 Å². The Labute approximate surface area is 74.5 Å². The van der Waals surface area contributed by atoms with Gasteiger partial charge in [-0.15, -0.1) is 12.4 Å². The standard InChI is InChI=1S/C8H16N2.ClH/c9-7-5-10(6-7)8-3-1-2-4-8;/h7-8H,1-6,9H2;1H. The second-order valence-corrected chi connectivity index (χ2v) is 3.65. The van der Waals surface area contributed by atoms with Crippen molar-refractivity contribution in [3.8, 4) is 0 Å². The van der Waals surface area contributed by atoms with Gasteiger partial charge in [0.2, 0.25) is 0 Å². The average molecular weight is 177 g/mol. The molecule has 3 heteroatoms. The summed E-state index contributed by atoms with van der Waals surface area (Å²) in [5, 5.41) is 0. The average Bonchev–Trinajstić information content (AvgIpc) is 2.31. The van der Waals surface area contributed by atoms with E-state index in [2.05, 4.69) is 4.90 Å². The number of nitrogens with zero attached hydrogens (tertiary/aromatic N) is 1. The Bertz CT molecular complexity index is 117. The van der Waals surface area contributed by atoms with Crippen molar-refractivity contribution < 1.29 is 0 Å². The summed E-state index contributed by atoms with van der Waals surface area (Å²) < 4.78 is 0. The minimum absolute atomic E-state index is 0. The first kappa shape index (κ1) is 9.30. The maximum atomic E-state index is 5.69. The molecule has 0 aromatic carbocycles. The predicted octanol–water partition coefficient (Wildman–Crippen LogP) is 0.994. The van der Waals surface area contributed by atoms with Gasteiger partial charge in [-0.1, -0.05) is 12.8 Å². The van der Waals surface area contributed by atoms with Gasteiger partial charge in [0.15, 0.2) is 0 Å². The van der Waals surface area contributed by atoms with E-state index in [1.165, 1.54) is 25.7 Å². The lowest BCUT2D eigenvalue weighted by molar-refractivity contribution is 0.0970. The predicted molar refractivity (Wildman–Crippen MR) is 49.1 cm³/mol. The molecule has 0 amide bonds. The summed E-state index contributed by atoms with van der Waals surface area (Å²) in [4.78, 5) is 2.54. The molecule has 11 heavy (non-hydrogen) atoms. The zero-order valence-electron chi connectivity index (χ0n) is 6.83. The van der Waals surface area contributed by atoms with Gasteiger partial charge in [-0.25, -0.2) is 0 Å². The molecule has 1 heterocycles. The summed E-state index contributed by atoms with van der Waals surface area (Å²) in [7, 11) is 0. The third-order valence-electron chi connectivity index (χ3n) is 2.78. The van der Waals surface area contributed by atoms with Crippen molar-refractivity contribution in [3.63, 3.8) is 0 Å². The number of hydrogen-bond acceptors (Lipinski definition) is 2. The van der Waals surface area contributed by atoms with Gasteiger partial charge in [-0.05, 0) is 12.8 Å². The molecular weight excluding hydrogens is 160 g/mol. The number of hydrogen-bond donors (Lipinski definition) is 1. The Morgan fingerprint density at radius 3 is 2.09 bits per heavy atom. The molecule has 0 atom stereocenters. The van der Waals surface area contributed by atoms with E-state index in [4.69, 9.17) is 5.73 Å². The first-order valence-corrected chi connectivity index (χ1v) is 4.36. The number of likely N-dealkylation sites (tertiary alicyclic amines) is 1. The number of nitrogens with two attached hydrogens (primary N) is 1. The lowest BCUT2D eigenvalue weighted by Crippen LogP contribution is -2.58. The van der Waals surface area contributed by atoms with Gasteiger partial charge in [0, 0.05) is 25.2 Å². The van der Waals surface area contributed by atoms with Crippen molar-refractivity contribution in [1.29, 1.82) is 0 Å². The van der Waals surface area contributed by atoms with Gasteiger partial charge < -0.3 is 5.73 Å². The molecule has 2 aliphatic rings. The summed E-state index contributed by atoms with van der Waals surface area (Å²) in [6.45, 7) is 2.31. The van der Waals surface area contributed by atoms with E-state index in [9.17, 15) is 0 Å². The van der Waals surface area contributed by atoms with Crippen LogP contribution in [0.3, 0.4) is 0 Å². The van der Waals surface area contributed by atoms with Crippen molar-refractivity contribution >= 4 is 12.4 Å². The summed E-state index contributed by atoms with van der Waals surface area (Å²) in [6, 6.07) is 1.39. The second-order valence-electron chi connectivity index (χ2n) is 3.65. The highest BCUT2D eigenvalue weighted by atomic mass is 35.5. The van der Waals surface area contributed by atoms with Crippen LogP contribution in [-0.2, 0) is 0 Å². The maximum absolute atomic E-state index is 5.69. The summed E-state index contributed by atoms with van der Waals surface area (Å²) in [6.07, 6.45) is 5.73. The second kappa shape index (κ2) is 3.74. The highest BCUT2D eigenvalue weighted by Crippen LogP contribution is 2.26. The zero-order valence-corrected chi connectivity index (χ0v) is 7.65. The molecule has 1 aliphatic heterocycles. The van der Waals surface area contributed by atoms with Crippen LogP contribution in [0.5, 0.6) is 0 Å². The van der Waals surface area contributed by atoms with E-state index in [1.54, 1.807) is 0 Å². The van der Waals surface area contributed by atoms with Crippen molar-refractivity contribution in [2.45, 2.75) is 37.8 Å². The quantitative estimate of drug-likeness (QED) is 0.646. The topological polar surface area (TPSA) is 29.3 Å². The Morgan fingerprint density at radius 2 is 1.64 bits per heavy atom. The third-order valence-corrected chi connectivity index (χ3v) is 2.78. The molecule has 1 saturated carbocycles. The molecule has 0 radical (unpaired) electrons. The van der Waals surface area contributed by atoms with E-state index in [0.717, 1.165) is 19.1 Å². The largest absolute Gasteiger partial charge is 0.325 e. The van der Waals surface area contributed by atoms with Gasteiger partial charge >= 0.3 is 0 Å². The summed E-state index contributed by atoms with van der Waals surface area (Å²) in [5.41, 5.74) is 5.69.